The molecule has 4 unspecified atom stereocenters. The number of alkyl halides is 1. The molecule has 0 aromatic heterocycles. The average molecular weight is 258 g/mol. The van der Waals surface area contributed by atoms with E-state index in [0.717, 1.165) is 18.8 Å². The molecule has 2 fully saturated rings. The van der Waals surface area contributed by atoms with Gasteiger partial charge in [0, 0.05) is 17.8 Å². The zero-order valence-corrected chi connectivity index (χ0v) is 11.7. The standard InChI is InChI=1S/C14H24ClNO/c1-9(2)5-12(8-15)16-14(17)13-7-10-3-4-11(13)6-10/h9-13H,3-8H2,1-2H3,(H,16,17). The molecule has 0 aromatic rings. The summed E-state index contributed by atoms with van der Waals surface area (Å²) in [7, 11) is 0. The van der Waals surface area contributed by atoms with E-state index < -0.39 is 0 Å². The smallest absolute Gasteiger partial charge is 0.223 e. The van der Waals surface area contributed by atoms with Crippen LogP contribution in [0.5, 0.6) is 0 Å². The van der Waals surface area contributed by atoms with Crippen molar-refractivity contribution < 1.29 is 4.79 Å². The minimum absolute atomic E-state index is 0.156. The maximum absolute atomic E-state index is 12.2. The van der Waals surface area contributed by atoms with Crippen molar-refractivity contribution in [3.63, 3.8) is 0 Å². The van der Waals surface area contributed by atoms with Crippen LogP contribution in [0.25, 0.3) is 0 Å². The minimum atomic E-state index is 0.156. The zero-order chi connectivity index (χ0) is 12.4. The quantitative estimate of drug-likeness (QED) is 0.753. The van der Waals surface area contributed by atoms with Gasteiger partial charge in [0.05, 0.1) is 0 Å². The highest BCUT2D eigenvalue weighted by Crippen LogP contribution is 2.48. The highest BCUT2D eigenvalue weighted by atomic mass is 35.5. The van der Waals surface area contributed by atoms with Crippen LogP contribution in [0, 0.1) is 23.7 Å². The molecule has 0 radical (unpaired) electrons. The Kier molecular flexibility index (Phi) is 4.35. The highest BCUT2D eigenvalue weighted by molar-refractivity contribution is 6.18. The summed E-state index contributed by atoms with van der Waals surface area (Å²) < 4.78 is 0. The number of carbonyl (C=O) groups is 1. The molecule has 0 aromatic carbocycles. The molecule has 2 aliphatic rings. The summed E-state index contributed by atoms with van der Waals surface area (Å²) in [5.74, 6) is 3.16. The van der Waals surface area contributed by atoms with Gasteiger partial charge in [-0.3, -0.25) is 4.79 Å². The number of hydrogen-bond donors (Lipinski definition) is 1. The summed E-state index contributed by atoms with van der Waals surface area (Å²) in [5, 5.41) is 3.15. The monoisotopic (exact) mass is 257 g/mol. The molecule has 2 saturated carbocycles. The van der Waals surface area contributed by atoms with E-state index >= 15 is 0 Å². The van der Waals surface area contributed by atoms with Crippen molar-refractivity contribution in [1.29, 1.82) is 0 Å². The van der Waals surface area contributed by atoms with E-state index in [9.17, 15) is 4.79 Å². The Morgan fingerprint density at radius 1 is 1.35 bits per heavy atom. The maximum atomic E-state index is 12.2. The van der Waals surface area contributed by atoms with E-state index in [4.69, 9.17) is 11.6 Å². The van der Waals surface area contributed by atoms with Gasteiger partial charge in [-0.2, -0.15) is 0 Å². The second kappa shape index (κ2) is 5.60. The van der Waals surface area contributed by atoms with Gasteiger partial charge in [-0.15, -0.1) is 11.6 Å². The van der Waals surface area contributed by atoms with Gasteiger partial charge in [-0.25, -0.2) is 0 Å². The lowest BCUT2D eigenvalue weighted by molar-refractivity contribution is -0.127. The number of carbonyl (C=O) groups excluding carboxylic acids is 1. The lowest BCUT2D eigenvalue weighted by atomic mass is 9.88. The van der Waals surface area contributed by atoms with Gasteiger partial charge < -0.3 is 5.32 Å². The van der Waals surface area contributed by atoms with Gasteiger partial charge in [-0.05, 0) is 43.4 Å². The Balaban J connectivity index is 1.83. The predicted octanol–water partition coefficient (Wildman–Crippen LogP) is 3.19. The molecule has 0 aliphatic heterocycles. The van der Waals surface area contributed by atoms with E-state index in [2.05, 4.69) is 19.2 Å². The average Bonchev–Trinajstić information content (AvgIpc) is 2.88. The molecule has 17 heavy (non-hydrogen) atoms. The van der Waals surface area contributed by atoms with Crippen LogP contribution in [0.15, 0.2) is 0 Å². The molecule has 2 aliphatic carbocycles. The first kappa shape index (κ1) is 13.2. The van der Waals surface area contributed by atoms with Crippen molar-refractivity contribution in [3.8, 4) is 0 Å². The molecule has 0 spiro atoms. The van der Waals surface area contributed by atoms with Crippen molar-refractivity contribution in [1.82, 2.24) is 5.32 Å². The predicted molar refractivity (Wildman–Crippen MR) is 71.0 cm³/mol. The Hall–Kier alpha value is -0.240. The largest absolute Gasteiger partial charge is 0.352 e. The number of fused-ring (bicyclic) bond motifs is 2. The Labute approximate surface area is 109 Å². The third kappa shape index (κ3) is 3.15. The fraction of sp³-hybridized carbons (Fsp3) is 0.929. The second-order valence-electron chi connectivity index (χ2n) is 6.27. The second-order valence-corrected chi connectivity index (χ2v) is 6.58. The third-order valence-corrected chi connectivity index (χ3v) is 4.74. The van der Waals surface area contributed by atoms with Crippen LogP contribution in [-0.4, -0.2) is 17.8 Å². The number of amides is 1. The molecule has 4 atom stereocenters. The van der Waals surface area contributed by atoms with E-state index in [1.165, 1.54) is 19.3 Å². The van der Waals surface area contributed by atoms with Crippen molar-refractivity contribution in [2.75, 3.05) is 5.88 Å². The lowest BCUT2D eigenvalue weighted by Gasteiger charge is -2.25. The first-order valence-corrected chi connectivity index (χ1v) is 7.50. The first-order valence-electron chi connectivity index (χ1n) is 6.96. The van der Waals surface area contributed by atoms with Crippen molar-refractivity contribution in [3.05, 3.63) is 0 Å². The van der Waals surface area contributed by atoms with Gasteiger partial charge in [0.2, 0.25) is 5.91 Å². The fourth-order valence-electron chi connectivity index (χ4n) is 3.60. The molecule has 2 rings (SSSR count). The summed E-state index contributed by atoms with van der Waals surface area (Å²) in [6, 6.07) is 0.156. The Morgan fingerprint density at radius 2 is 2.12 bits per heavy atom. The van der Waals surface area contributed by atoms with Crippen molar-refractivity contribution >= 4 is 17.5 Å². The van der Waals surface area contributed by atoms with Crippen LogP contribution in [0.3, 0.4) is 0 Å². The van der Waals surface area contributed by atoms with E-state index in [1.807, 2.05) is 0 Å². The van der Waals surface area contributed by atoms with E-state index in [0.29, 0.717) is 17.7 Å². The van der Waals surface area contributed by atoms with Crippen molar-refractivity contribution in [2.24, 2.45) is 23.7 Å². The topological polar surface area (TPSA) is 29.1 Å². The van der Waals surface area contributed by atoms with Gasteiger partial charge in [0.1, 0.15) is 0 Å². The molecular weight excluding hydrogens is 234 g/mol. The summed E-state index contributed by atoms with van der Waals surface area (Å²) in [4.78, 5) is 12.2. The summed E-state index contributed by atoms with van der Waals surface area (Å²) in [5.41, 5.74) is 0. The molecule has 0 saturated heterocycles. The van der Waals surface area contributed by atoms with Gasteiger partial charge in [0.15, 0.2) is 0 Å². The highest BCUT2D eigenvalue weighted by Gasteiger charge is 2.43. The molecular formula is C14H24ClNO. The number of hydrogen-bond acceptors (Lipinski definition) is 1. The maximum Gasteiger partial charge on any atom is 0.223 e. The van der Waals surface area contributed by atoms with Gasteiger partial charge in [0.25, 0.3) is 0 Å². The van der Waals surface area contributed by atoms with E-state index in [1.54, 1.807) is 0 Å². The fourth-order valence-corrected chi connectivity index (χ4v) is 3.81. The molecule has 1 N–H and O–H groups in total. The molecule has 2 bridgehead atoms. The third-order valence-electron chi connectivity index (χ3n) is 4.36. The summed E-state index contributed by atoms with van der Waals surface area (Å²) in [6.07, 6.45) is 5.99. The molecule has 1 amide bonds. The van der Waals surface area contributed by atoms with Crippen LogP contribution in [0.2, 0.25) is 0 Å². The molecule has 0 heterocycles. The zero-order valence-electron chi connectivity index (χ0n) is 10.9. The van der Waals surface area contributed by atoms with Crippen LogP contribution < -0.4 is 5.32 Å². The number of halogens is 1. The number of rotatable bonds is 5. The molecule has 98 valence electrons. The minimum Gasteiger partial charge on any atom is -0.352 e. The Morgan fingerprint density at radius 3 is 2.59 bits per heavy atom. The van der Waals surface area contributed by atoms with Crippen molar-refractivity contribution in [2.45, 2.75) is 52.0 Å². The SMILES string of the molecule is CC(C)CC(CCl)NC(=O)C1CC2CCC1C2. The lowest BCUT2D eigenvalue weighted by Crippen LogP contribution is -2.42. The molecule has 3 heteroatoms. The summed E-state index contributed by atoms with van der Waals surface area (Å²) in [6.45, 7) is 4.34. The first-order chi connectivity index (χ1) is 8.10. The number of nitrogens with one attached hydrogen (secondary N) is 1. The van der Waals surface area contributed by atoms with Crippen LogP contribution in [-0.2, 0) is 4.79 Å². The van der Waals surface area contributed by atoms with Crippen LogP contribution in [0.1, 0.15) is 46.0 Å². The molecule has 2 nitrogen and oxygen atoms in total. The summed E-state index contributed by atoms with van der Waals surface area (Å²) >= 11 is 5.93. The normalized spacial score (nSPS) is 33.1. The van der Waals surface area contributed by atoms with Gasteiger partial charge in [-0.1, -0.05) is 20.3 Å². The van der Waals surface area contributed by atoms with Crippen LogP contribution >= 0.6 is 11.6 Å². The van der Waals surface area contributed by atoms with Gasteiger partial charge >= 0.3 is 0 Å². The van der Waals surface area contributed by atoms with E-state index in [-0.39, 0.29) is 17.9 Å². The Bertz CT molecular complexity index is 279. The van der Waals surface area contributed by atoms with Crippen LogP contribution in [0.4, 0.5) is 0 Å².